The number of rotatable bonds is 7. The van der Waals surface area contributed by atoms with E-state index in [0.717, 1.165) is 18.4 Å². The van der Waals surface area contributed by atoms with E-state index in [0.29, 0.717) is 34.7 Å². The van der Waals surface area contributed by atoms with Gasteiger partial charge in [-0.3, -0.25) is 14.4 Å². The van der Waals surface area contributed by atoms with E-state index in [1.807, 2.05) is 19.9 Å². The van der Waals surface area contributed by atoms with Gasteiger partial charge in [0, 0.05) is 37.4 Å². The molecule has 1 aliphatic carbocycles. The van der Waals surface area contributed by atoms with Crippen molar-refractivity contribution in [1.29, 1.82) is 0 Å². The fraction of sp³-hybridized carbons (Fsp3) is 0.462. The monoisotopic (exact) mass is 468 g/mol. The topological polar surface area (TPSA) is 96.8 Å². The highest BCUT2D eigenvalue weighted by Gasteiger charge is 2.37. The second kappa shape index (κ2) is 9.16. The molecular formula is C26H29FN2O5. The third kappa shape index (κ3) is 4.54. The van der Waals surface area contributed by atoms with E-state index in [4.69, 9.17) is 9.84 Å². The van der Waals surface area contributed by atoms with Crippen LogP contribution >= 0.6 is 0 Å². The van der Waals surface area contributed by atoms with Crippen molar-refractivity contribution in [3.05, 3.63) is 58.0 Å². The first kappa shape index (κ1) is 23.9. The third-order valence-electron chi connectivity index (χ3n) is 6.87. The third-order valence-corrected chi connectivity index (χ3v) is 6.87. The molecule has 34 heavy (non-hydrogen) atoms. The van der Waals surface area contributed by atoms with Crippen molar-refractivity contribution in [1.82, 2.24) is 9.88 Å². The van der Waals surface area contributed by atoms with Crippen LogP contribution in [0.3, 0.4) is 0 Å². The summed E-state index contributed by atoms with van der Waals surface area (Å²) in [5.74, 6) is -1.61. The summed E-state index contributed by atoms with van der Waals surface area (Å²) in [4.78, 5) is 43.3. The van der Waals surface area contributed by atoms with Gasteiger partial charge in [0.05, 0.1) is 19.2 Å². The van der Waals surface area contributed by atoms with E-state index in [-0.39, 0.29) is 42.8 Å². The maximum Gasteiger partial charge on any atom is 0.303 e. The number of halogens is 1. The molecule has 2 aliphatic rings. The number of aromatic nitrogens is 1. The first-order valence-corrected chi connectivity index (χ1v) is 11.5. The maximum absolute atomic E-state index is 15.0. The summed E-state index contributed by atoms with van der Waals surface area (Å²) in [6.07, 6.45) is 1.50. The Hall–Kier alpha value is -3.29. The molecule has 1 aromatic carbocycles. The summed E-state index contributed by atoms with van der Waals surface area (Å²) in [7, 11) is 1.51. The van der Waals surface area contributed by atoms with E-state index >= 15 is 0 Å². The number of carboxylic acid groups (broad SMARTS) is 1. The average molecular weight is 469 g/mol. The van der Waals surface area contributed by atoms with Gasteiger partial charge in [0.15, 0.2) is 5.78 Å². The number of pyridine rings is 1. The number of Topliss-reactive ketones (excluding diaryl/α,β-unsaturated/α-hetero) is 1. The zero-order valence-electron chi connectivity index (χ0n) is 19.7. The highest BCUT2D eigenvalue weighted by Crippen LogP contribution is 2.41. The van der Waals surface area contributed by atoms with Crippen LogP contribution in [0.1, 0.15) is 67.1 Å². The quantitative estimate of drug-likeness (QED) is 0.668. The SMILES string of the molecule is COc1ccc2c(n1)CCN(C(=O)CCC(=O)O)[C@H]2C(=O)Cc1cc(F)c2c(c1)CCC2(C)C. The van der Waals surface area contributed by atoms with Crippen LogP contribution < -0.4 is 4.74 Å². The average Bonchev–Trinajstić information content (AvgIpc) is 3.10. The van der Waals surface area contributed by atoms with Gasteiger partial charge >= 0.3 is 5.97 Å². The number of carbonyl (C=O) groups is 3. The van der Waals surface area contributed by atoms with Crippen LogP contribution in [0.5, 0.6) is 5.88 Å². The van der Waals surface area contributed by atoms with Crippen LogP contribution in [0.15, 0.2) is 24.3 Å². The van der Waals surface area contributed by atoms with E-state index in [2.05, 4.69) is 4.98 Å². The molecule has 0 spiro atoms. The minimum absolute atomic E-state index is 0.0382. The number of fused-ring (bicyclic) bond motifs is 2. The Morgan fingerprint density at radius 3 is 2.68 bits per heavy atom. The molecular weight excluding hydrogens is 439 g/mol. The van der Waals surface area contributed by atoms with Gasteiger partial charge in [-0.15, -0.1) is 0 Å². The largest absolute Gasteiger partial charge is 0.481 e. The molecule has 0 fully saturated rings. The van der Waals surface area contributed by atoms with Crippen molar-refractivity contribution in [3.8, 4) is 5.88 Å². The van der Waals surface area contributed by atoms with Gasteiger partial charge in [-0.2, -0.15) is 0 Å². The standard InChI is InChI=1S/C26H29FN2O5/c1-26(2)10-8-16-12-15(13-18(27)24(16)26)14-20(30)25-17-4-5-21(34-3)28-19(17)9-11-29(25)22(31)6-7-23(32)33/h4-5,12-13,25H,6-11,14H2,1-3H3,(H,32,33)/t25-/m1/s1. The van der Waals surface area contributed by atoms with E-state index < -0.39 is 17.9 Å². The number of methoxy groups -OCH3 is 1. The molecule has 0 saturated carbocycles. The number of carboxylic acids is 1. The fourth-order valence-electron chi connectivity index (χ4n) is 5.20. The molecule has 0 saturated heterocycles. The van der Waals surface area contributed by atoms with Gasteiger partial charge in [-0.05, 0) is 47.1 Å². The van der Waals surface area contributed by atoms with Gasteiger partial charge in [0.25, 0.3) is 0 Å². The van der Waals surface area contributed by atoms with E-state index in [9.17, 15) is 18.8 Å². The Bertz CT molecular complexity index is 1160. The zero-order chi connectivity index (χ0) is 24.6. The number of nitrogens with zero attached hydrogens (tertiary/aromatic N) is 2. The van der Waals surface area contributed by atoms with Gasteiger partial charge < -0.3 is 14.7 Å². The van der Waals surface area contributed by atoms with Crippen molar-refractivity contribution in [2.24, 2.45) is 0 Å². The molecule has 4 rings (SSSR count). The van der Waals surface area contributed by atoms with E-state index in [1.165, 1.54) is 18.1 Å². The Morgan fingerprint density at radius 1 is 1.21 bits per heavy atom. The molecule has 0 unspecified atom stereocenters. The molecule has 7 nitrogen and oxygen atoms in total. The van der Waals surface area contributed by atoms with Crippen LogP contribution in [0.2, 0.25) is 0 Å². The molecule has 2 aromatic rings. The number of carbonyl (C=O) groups excluding carboxylic acids is 2. The van der Waals surface area contributed by atoms with Gasteiger partial charge in [-0.1, -0.05) is 19.9 Å². The van der Waals surface area contributed by atoms with Gasteiger partial charge in [-0.25, -0.2) is 9.37 Å². The number of hydrogen-bond donors (Lipinski definition) is 1. The van der Waals surface area contributed by atoms with Gasteiger partial charge in [0.1, 0.15) is 11.9 Å². The lowest BCUT2D eigenvalue weighted by Crippen LogP contribution is -2.44. The van der Waals surface area contributed by atoms with Crippen LogP contribution in [0.25, 0.3) is 0 Å². The highest BCUT2D eigenvalue weighted by atomic mass is 19.1. The Morgan fingerprint density at radius 2 is 1.97 bits per heavy atom. The molecule has 1 atom stereocenters. The number of hydrogen-bond acceptors (Lipinski definition) is 5. The number of benzene rings is 1. The fourth-order valence-corrected chi connectivity index (χ4v) is 5.20. The predicted molar refractivity (Wildman–Crippen MR) is 122 cm³/mol. The molecule has 2 heterocycles. The first-order valence-electron chi connectivity index (χ1n) is 11.5. The number of amides is 1. The summed E-state index contributed by atoms with van der Waals surface area (Å²) in [5.41, 5.74) is 3.25. The minimum atomic E-state index is -1.07. The van der Waals surface area contributed by atoms with Crippen molar-refractivity contribution < 1.29 is 28.6 Å². The first-order chi connectivity index (χ1) is 16.1. The summed E-state index contributed by atoms with van der Waals surface area (Å²) >= 11 is 0. The van der Waals surface area contributed by atoms with Crippen molar-refractivity contribution in [2.75, 3.05) is 13.7 Å². The lowest BCUT2D eigenvalue weighted by molar-refractivity contribution is -0.144. The number of ketones is 1. The molecule has 1 aromatic heterocycles. The minimum Gasteiger partial charge on any atom is -0.481 e. The molecule has 8 heteroatoms. The number of aliphatic carboxylic acids is 1. The Balaban J connectivity index is 1.66. The molecule has 1 N–H and O–H groups in total. The lowest BCUT2D eigenvalue weighted by atomic mass is 9.85. The lowest BCUT2D eigenvalue weighted by Gasteiger charge is -2.36. The van der Waals surface area contributed by atoms with Crippen LogP contribution in [0, 0.1) is 5.82 Å². The van der Waals surface area contributed by atoms with Crippen molar-refractivity contribution in [2.45, 2.75) is 63.8 Å². The summed E-state index contributed by atoms with van der Waals surface area (Å²) < 4.78 is 20.2. The number of aryl methyl sites for hydroxylation is 1. The van der Waals surface area contributed by atoms with Crippen LogP contribution in [0.4, 0.5) is 4.39 Å². The Labute approximate surface area is 197 Å². The molecule has 1 aliphatic heterocycles. The predicted octanol–water partition coefficient (Wildman–Crippen LogP) is 3.56. The summed E-state index contributed by atoms with van der Waals surface area (Å²) in [6, 6.07) is 5.79. The molecule has 1 amide bonds. The highest BCUT2D eigenvalue weighted by molar-refractivity contribution is 5.92. The summed E-state index contributed by atoms with van der Waals surface area (Å²) in [6.45, 7) is 4.29. The maximum atomic E-state index is 15.0. The van der Waals surface area contributed by atoms with Crippen LogP contribution in [-0.2, 0) is 39.1 Å². The molecule has 0 bridgehead atoms. The van der Waals surface area contributed by atoms with Crippen molar-refractivity contribution in [3.63, 3.8) is 0 Å². The smallest absolute Gasteiger partial charge is 0.303 e. The number of ether oxygens (including phenoxy) is 1. The molecule has 0 radical (unpaired) electrons. The van der Waals surface area contributed by atoms with Crippen molar-refractivity contribution >= 4 is 17.7 Å². The second-order valence-corrected chi connectivity index (χ2v) is 9.66. The molecule has 180 valence electrons. The zero-order valence-corrected chi connectivity index (χ0v) is 19.7. The summed E-state index contributed by atoms with van der Waals surface area (Å²) in [5, 5.41) is 8.99. The van der Waals surface area contributed by atoms with E-state index in [1.54, 1.807) is 12.1 Å². The second-order valence-electron chi connectivity index (χ2n) is 9.66. The normalized spacial score (nSPS) is 18.2. The van der Waals surface area contributed by atoms with Gasteiger partial charge in [0.2, 0.25) is 11.8 Å². The van der Waals surface area contributed by atoms with Crippen LogP contribution in [-0.4, -0.2) is 46.3 Å². The Kier molecular flexibility index (Phi) is 6.43.